The Morgan fingerprint density at radius 3 is 2.08 bits per heavy atom. The van der Waals surface area contributed by atoms with Gasteiger partial charge in [-0.2, -0.15) is 0 Å². The van der Waals surface area contributed by atoms with Gasteiger partial charge < -0.3 is 9.53 Å². The van der Waals surface area contributed by atoms with Crippen molar-refractivity contribution in [3.63, 3.8) is 0 Å². The number of methoxy groups -OCH3 is 1. The molecule has 0 bridgehead atoms. The van der Waals surface area contributed by atoms with E-state index in [9.17, 15) is 4.79 Å². The van der Waals surface area contributed by atoms with Crippen LogP contribution in [-0.4, -0.2) is 31.7 Å². The lowest BCUT2D eigenvalue weighted by molar-refractivity contribution is -0.113. The molecule has 0 aromatic heterocycles. The molecule has 0 aliphatic rings. The SMILES string of the molecule is C=C/C=C\C=C(/C)CC(CN=C=S)COC.CC.CC.CC(C)(C)C=O. The topological polar surface area (TPSA) is 38.7 Å². The molecule has 0 radical (unpaired) electrons. The molecule has 0 rings (SSSR count). The molecule has 0 aliphatic carbocycles. The number of carbonyl (C=O) groups is 1. The summed E-state index contributed by atoms with van der Waals surface area (Å²) in [6.45, 7) is 20.7. The summed E-state index contributed by atoms with van der Waals surface area (Å²) in [6.07, 6.45) is 9.61. The van der Waals surface area contributed by atoms with E-state index in [1.54, 1.807) is 13.2 Å². The Bertz CT molecular complexity index is 414. The summed E-state index contributed by atoms with van der Waals surface area (Å²) < 4.78 is 5.14. The molecule has 0 N–H and O–H groups in total. The van der Waals surface area contributed by atoms with Crippen LogP contribution < -0.4 is 0 Å². The van der Waals surface area contributed by atoms with Crippen molar-refractivity contribution in [2.24, 2.45) is 16.3 Å². The molecule has 1 unspecified atom stereocenters. The van der Waals surface area contributed by atoms with Crippen molar-refractivity contribution in [1.82, 2.24) is 0 Å². The van der Waals surface area contributed by atoms with Gasteiger partial charge in [0.05, 0.1) is 18.3 Å². The zero-order valence-electron chi connectivity index (χ0n) is 18.5. The number of ether oxygens (including phenoxy) is 1. The number of hydrogen-bond acceptors (Lipinski definition) is 4. The van der Waals surface area contributed by atoms with Gasteiger partial charge in [-0.25, -0.2) is 4.99 Å². The summed E-state index contributed by atoms with van der Waals surface area (Å²) in [5.74, 6) is 0.369. The number of isothiocyanates is 1. The van der Waals surface area contributed by atoms with E-state index in [2.05, 4.69) is 42.0 Å². The lowest BCUT2D eigenvalue weighted by Gasteiger charge is -2.12. The van der Waals surface area contributed by atoms with Gasteiger partial charge in [-0.1, -0.05) is 84.9 Å². The van der Waals surface area contributed by atoms with E-state index < -0.39 is 0 Å². The summed E-state index contributed by atoms with van der Waals surface area (Å²) in [7, 11) is 1.70. The van der Waals surface area contributed by atoms with Crippen LogP contribution in [0.25, 0.3) is 0 Å². The number of thiocarbonyl (C=S) groups is 1. The molecule has 0 saturated heterocycles. The lowest BCUT2D eigenvalue weighted by atomic mass is 10.0. The van der Waals surface area contributed by atoms with E-state index >= 15 is 0 Å². The Morgan fingerprint density at radius 2 is 1.73 bits per heavy atom. The van der Waals surface area contributed by atoms with Gasteiger partial charge in [-0.3, -0.25) is 0 Å². The minimum Gasteiger partial charge on any atom is -0.384 e. The van der Waals surface area contributed by atoms with Crippen LogP contribution in [0, 0.1) is 11.3 Å². The number of carbonyl (C=O) groups excluding carboxylic acids is 1. The fourth-order valence-corrected chi connectivity index (χ4v) is 1.47. The van der Waals surface area contributed by atoms with Crippen molar-refractivity contribution in [3.8, 4) is 0 Å². The molecule has 3 nitrogen and oxygen atoms in total. The Morgan fingerprint density at radius 1 is 1.23 bits per heavy atom. The largest absolute Gasteiger partial charge is 0.384 e. The molecule has 0 aromatic carbocycles. The van der Waals surface area contributed by atoms with E-state index in [0.29, 0.717) is 19.1 Å². The molecule has 0 aromatic rings. The van der Waals surface area contributed by atoms with Crippen LogP contribution in [0.2, 0.25) is 0 Å². The standard InChI is InChI=1S/C13H19NOS.C5H10O.2C2H6/c1-4-5-6-7-12(2)8-13(10-15-3)9-14-11-16;1-5(2,3)4-6;2*1-2/h4-7,13H,1,8-10H2,2-3H3;4H,1-3H3;2*1-2H3/b6-5-,12-7+;;;. The van der Waals surface area contributed by atoms with Crippen molar-refractivity contribution in [2.75, 3.05) is 20.3 Å². The molecule has 0 amide bonds. The van der Waals surface area contributed by atoms with Crippen LogP contribution in [0.4, 0.5) is 0 Å². The summed E-state index contributed by atoms with van der Waals surface area (Å²) in [5.41, 5.74) is 1.15. The Kier molecular flexibility index (Phi) is 32.2. The predicted molar refractivity (Wildman–Crippen MR) is 121 cm³/mol. The molecular formula is C22H41NO2S. The third-order valence-electron chi connectivity index (χ3n) is 2.41. The molecular weight excluding hydrogens is 342 g/mol. The molecule has 152 valence electrons. The van der Waals surface area contributed by atoms with Crippen LogP contribution in [-0.2, 0) is 9.53 Å². The third-order valence-corrected chi connectivity index (χ3v) is 2.54. The van der Waals surface area contributed by atoms with Crippen molar-refractivity contribution < 1.29 is 9.53 Å². The number of aldehydes is 1. The zero-order valence-corrected chi connectivity index (χ0v) is 19.3. The van der Waals surface area contributed by atoms with Crippen LogP contribution in [0.3, 0.4) is 0 Å². The van der Waals surface area contributed by atoms with Gasteiger partial charge in [0.1, 0.15) is 6.29 Å². The van der Waals surface area contributed by atoms with Crippen LogP contribution >= 0.6 is 12.2 Å². The predicted octanol–water partition coefficient (Wildman–Crippen LogP) is 6.71. The number of nitrogens with zero attached hydrogens (tertiary/aromatic N) is 1. The summed E-state index contributed by atoms with van der Waals surface area (Å²) in [5, 5.41) is 2.39. The minimum absolute atomic E-state index is 0.139. The van der Waals surface area contributed by atoms with Crippen molar-refractivity contribution in [3.05, 3.63) is 36.5 Å². The first-order valence-electron chi connectivity index (χ1n) is 9.24. The monoisotopic (exact) mass is 383 g/mol. The van der Waals surface area contributed by atoms with Crippen LogP contribution in [0.5, 0.6) is 0 Å². The van der Waals surface area contributed by atoms with E-state index in [1.165, 1.54) is 5.57 Å². The fourth-order valence-electron chi connectivity index (χ4n) is 1.40. The first-order chi connectivity index (χ1) is 12.3. The zero-order chi connectivity index (χ0) is 21.4. The van der Waals surface area contributed by atoms with Crippen molar-refractivity contribution in [2.45, 2.75) is 61.8 Å². The molecule has 1 atom stereocenters. The summed E-state index contributed by atoms with van der Waals surface area (Å²) in [6, 6.07) is 0. The normalized spacial score (nSPS) is 11.3. The highest BCUT2D eigenvalue weighted by atomic mass is 32.1. The molecule has 26 heavy (non-hydrogen) atoms. The lowest BCUT2D eigenvalue weighted by Crippen LogP contribution is -2.12. The first kappa shape index (κ1) is 32.3. The van der Waals surface area contributed by atoms with E-state index in [-0.39, 0.29) is 5.41 Å². The molecule has 0 fully saturated rings. The second-order valence-electron chi connectivity index (χ2n) is 6.07. The van der Waals surface area contributed by atoms with Gasteiger partial charge in [0.25, 0.3) is 0 Å². The van der Waals surface area contributed by atoms with Crippen molar-refractivity contribution in [1.29, 1.82) is 0 Å². The molecule has 0 saturated carbocycles. The number of aliphatic imine (C=N–C) groups is 1. The van der Waals surface area contributed by atoms with Gasteiger partial charge in [0, 0.05) is 18.4 Å². The van der Waals surface area contributed by atoms with Crippen molar-refractivity contribution >= 4 is 23.7 Å². The van der Waals surface area contributed by atoms with Gasteiger partial charge in [0.2, 0.25) is 0 Å². The maximum atomic E-state index is 9.83. The Hall–Kier alpha value is -1.35. The average Bonchev–Trinajstić information content (AvgIpc) is 2.63. The van der Waals surface area contributed by atoms with Crippen LogP contribution in [0.1, 0.15) is 61.8 Å². The second-order valence-corrected chi connectivity index (χ2v) is 6.26. The summed E-state index contributed by atoms with van der Waals surface area (Å²) in [4.78, 5) is 13.8. The smallest absolute Gasteiger partial charge is 0.125 e. The van der Waals surface area contributed by atoms with Gasteiger partial charge in [-0.15, -0.1) is 0 Å². The average molecular weight is 384 g/mol. The number of rotatable bonds is 8. The van der Waals surface area contributed by atoms with E-state index in [0.717, 1.165) is 12.7 Å². The minimum atomic E-state index is -0.139. The van der Waals surface area contributed by atoms with Gasteiger partial charge in [0.15, 0.2) is 0 Å². The summed E-state index contributed by atoms with van der Waals surface area (Å²) >= 11 is 4.56. The maximum Gasteiger partial charge on any atom is 0.125 e. The first-order valence-corrected chi connectivity index (χ1v) is 9.65. The highest BCUT2D eigenvalue weighted by Gasteiger charge is 2.08. The maximum absolute atomic E-state index is 9.83. The molecule has 0 aliphatic heterocycles. The van der Waals surface area contributed by atoms with E-state index in [4.69, 9.17) is 4.74 Å². The number of allylic oxidation sites excluding steroid dienone is 5. The van der Waals surface area contributed by atoms with Crippen LogP contribution in [0.15, 0.2) is 41.4 Å². The third kappa shape index (κ3) is 34.1. The molecule has 0 heterocycles. The highest BCUT2D eigenvalue weighted by Crippen LogP contribution is 2.12. The quantitative estimate of drug-likeness (QED) is 0.202. The molecule has 4 heteroatoms. The van der Waals surface area contributed by atoms with Gasteiger partial charge >= 0.3 is 0 Å². The Balaban J connectivity index is -0.000000202. The fraction of sp³-hybridized carbons (Fsp3) is 0.636. The van der Waals surface area contributed by atoms with E-state index in [1.807, 2.05) is 60.6 Å². The second kappa shape index (κ2) is 25.9. The molecule has 0 spiro atoms. The Labute approximate surface area is 168 Å². The highest BCUT2D eigenvalue weighted by molar-refractivity contribution is 7.78. The van der Waals surface area contributed by atoms with Gasteiger partial charge in [-0.05, 0) is 25.6 Å². The number of hydrogen-bond donors (Lipinski definition) is 0.